The Morgan fingerprint density at radius 3 is 2.74 bits per heavy atom. The lowest BCUT2D eigenvalue weighted by molar-refractivity contribution is 0.873. The van der Waals surface area contributed by atoms with Crippen LogP contribution in [0.4, 0.5) is 0 Å². The molecule has 0 fully saturated rings. The highest BCUT2D eigenvalue weighted by Crippen LogP contribution is 2.19. The smallest absolute Gasteiger partial charge is 0.134 e. The fourth-order valence-corrected chi connectivity index (χ4v) is 2.05. The zero-order valence-corrected chi connectivity index (χ0v) is 11.9. The van der Waals surface area contributed by atoms with E-state index in [1.54, 1.807) is 0 Å². The zero-order valence-electron chi connectivity index (χ0n) is 11.9. The molecule has 0 aromatic carbocycles. The van der Waals surface area contributed by atoms with Crippen LogP contribution in [0.2, 0.25) is 0 Å². The van der Waals surface area contributed by atoms with Gasteiger partial charge in [0.05, 0.1) is 12.1 Å². The monoisotopic (exact) mass is 252 g/mol. The van der Waals surface area contributed by atoms with Gasteiger partial charge in [-0.1, -0.05) is 29.2 Å². The molecule has 0 aromatic rings. The molecule has 0 amide bonds. The van der Waals surface area contributed by atoms with Gasteiger partial charge in [0.15, 0.2) is 0 Å². The molecule has 0 spiro atoms. The summed E-state index contributed by atoms with van der Waals surface area (Å²) in [6.45, 7) is 6.93. The Labute approximate surface area is 115 Å². The van der Waals surface area contributed by atoms with Gasteiger partial charge < -0.3 is 5.73 Å². The largest absolute Gasteiger partial charge is 0.383 e. The Hall–Kier alpha value is -2.01. The van der Waals surface area contributed by atoms with Crippen LogP contribution in [0.5, 0.6) is 0 Å². The average molecular weight is 252 g/mol. The molecule has 2 nitrogen and oxygen atoms in total. The number of rotatable bonds is 3. The summed E-state index contributed by atoms with van der Waals surface area (Å²) in [5.41, 5.74) is 18.1. The number of aliphatic imine (C=N–C) groups is 1. The standard InChI is InChI=1S/C17H20N2/c1-12-7-9-15(10-8-12)11-19-17(18)16-6-4-5-13(2)14(16)3/h5,7,9H,8,10-11H2,1-3H3,(H2,18,19). The highest BCUT2D eigenvalue weighted by molar-refractivity contribution is 6.01. The van der Waals surface area contributed by atoms with Gasteiger partial charge in [0.1, 0.15) is 5.84 Å². The molecule has 19 heavy (non-hydrogen) atoms. The van der Waals surface area contributed by atoms with Crippen molar-refractivity contribution in [2.45, 2.75) is 33.6 Å². The lowest BCUT2D eigenvalue weighted by Gasteiger charge is -2.12. The van der Waals surface area contributed by atoms with Crippen LogP contribution in [-0.4, -0.2) is 12.4 Å². The highest BCUT2D eigenvalue weighted by atomic mass is 14.9. The van der Waals surface area contributed by atoms with Gasteiger partial charge in [0.2, 0.25) is 0 Å². The predicted octanol–water partition coefficient (Wildman–Crippen LogP) is 3.60. The van der Waals surface area contributed by atoms with Crippen LogP contribution in [0.1, 0.15) is 33.6 Å². The van der Waals surface area contributed by atoms with Crippen LogP contribution in [0, 0.1) is 0 Å². The second-order valence-electron chi connectivity index (χ2n) is 5.14. The lowest BCUT2D eigenvalue weighted by Crippen LogP contribution is -2.17. The molecule has 0 aromatic heterocycles. The van der Waals surface area contributed by atoms with E-state index in [0.717, 1.165) is 24.0 Å². The Morgan fingerprint density at radius 2 is 2.05 bits per heavy atom. The van der Waals surface area contributed by atoms with E-state index in [1.165, 1.54) is 16.7 Å². The molecule has 0 saturated heterocycles. The second-order valence-corrected chi connectivity index (χ2v) is 5.14. The SMILES string of the molecule is CC1=CC=C(CN=C(N)C2=C=C=CC(C)=C2C)CC1. The first-order valence-electron chi connectivity index (χ1n) is 6.63. The van der Waals surface area contributed by atoms with Crippen LogP contribution in [-0.2, 0) is 0 Å². The van der Waals surface area contributed by atoms with Crippen molar-refractivity contribution in [1.82, 2.24) is 0 Å². The fourth-order valence-electron chi connectivity index (χ4n) is 2.05. The van der Waals surface area contributed by atoms with E-state index in [4.69, 9.17) is 5.73 Å². The third-order valence-electron chi connectivity index (χ3n) is 3.60. The molecule has 0 radical (unpaired) electrons. The summed E-state index contributed by atoms with van der Waals surface area (Å²) < 4.78 is 0. The summed E-state index contributed by atoms with van der Waals surface area (Å²) in [5, 5.41) is 0. The van der Waals surface area contributed by atoms with E-state index < -0.39 is 0 Å². The third-order valence-corrected chi connectivity index (χ3v) is 3.60. The highest BCUT2D eigenvalue weighted by Gasteiger charge is 2.09. The first kappa shape index (κ1) is 13.4. The van der Waals surface area contributed by atoms with Crippen LogP contribution in [0.25, 0.3) is 0 Å². The quantitative estimate of drug-likeness (QED) is 0.465. The summed E-state index contributed by atoms with van der Waals surface area (Å²) in [7, 11) is 0. The topological polar surface area (TPSA) is 38.4 Å². The van der Waals surface area contributed by atoms with Gasteiger partial charge in [-0.2, -0.15) is 0 Å². The fraction of sp³-hybridized carbons (Fsp3) is 0.353. The minimum absolute atomic E-state index is 0.560. The molecule has 2 heteroatoms. The molecular formula is C17H20N2. The second kappa shape index (κ2) is 5.75. The molecule has 0 saturated carbocycles. The summed E-state index contributed by atoms with van der Waals surface area (Å²) >= 11 is 0. The first-order valence-corrected chi connectivity index (χ1v) is 6.63. The maximum atomic E-state index is 6.07. The van der Waals surface area contributed by atoms with E-state index in [1.807, 2.05) is 19.9 Å². The van der Waals surface area contributed by atoms with Crippen molar-refractivity contribution in [2.75, 3.05) is 6.54 Å². The van der Waals surface area contributed by atoms with E-state index in [-0.39, 0.29) is 0 Å². The van der Waals surface area contributed by atoms with Crippen molar-refractivity contribution in [2.24, 2.45) is 10.7 Å². The maximum absolute atomic E-state index is 6.07. The molecule has 0 heterocycles. The van der Waals surface area contributed by atoms with E-state index in [9.17, 15) is 0 Å². The lowest BCUT2D eigenvalue weighted by atomic mass is 9.98. The van der Waals surface area contributed by atoms with Crippen molar-refractivity contribution in [3.05, 3.63) is 57.6 Å². The number of nitrogens with zero attached hydrogens (tertiary/aromatic N) is 1. The maximum Gasteiger partial charge on any atom is 0.134 e. The summed E-state index contributed by atoms with van der Waals surface area (Å²) in [5.74, 6) is 0.560. The van der Waals surface area contributed by atoms with E-state index in [0.29, 0.717) is 12.4 Å². The number of hydrogen-bond donors (Lipinski definition) is 1. The zero-order chi connectivity index (χ0) is 13.8. The number of hydrogen-bond acceptors (Lipinski definition) is 1. The number of nitrogens with two attached hydrogens (primary N) is 1. The third kappa shape index (κ3) is 3.26. The summed E-state index contributed by atoms with van der Waals surface area (Å²) in [6.07, 6.45) is 8.46. The molecule has 0 atom stereocenters. The Morgan fingerprint density at radius 1 is 1.26 bits per heavy atom. The Bertz CT molecular complexity index is 612. The number of amidine groups is 1. The van der Waals surface area contributed by atoms with Gasteiger partial charge in [-0.3, -0.25) is 4.99 Å². The molecule has 0 aliphatic heterocycles. The summed E-state index contributed by atoms with van der Waals surface area (Å²) in [6, 6.07) is 0. The molecule has 2 aliphatic carbocycles. The molecule has 2 aliphatic rings. The molecule has 0 bridgehead atoms. The normalized spacial score (nSPS) is 19.3. The predicted molar refractivity (Wildman–Crippen MR) is 81.0 cm³/mol. The molecule has 0 unspecified atom stereocenters. The van der Waals surface area contributed by atoms with Crippen molar-refractivity contribution >= 4 is 5.84 Å². The minimum Gasteiger partial charge on any atom is -0.383 e. The van der Waals surface area contributed by atoms with Crippen LogP contribution in [0.15, 0.2) is 62.5 Å². The van der Waals surface area contributed by atoms with Gasteiger partial charge in [0.25, 0.3) is 0 Å². The minimum atomic E-state index is 0.560. The first-order chi connectivity index (χ1) is 9.08. The van der Waals surface area contributed by atoms with E-state index in [2.05, 4.69) is 35.5 Å². The van der Waals surface area contributed by atoms with Crippen molar-refractivity contribution in [3.8, 4) is 0 Å². The van der Waals surface area contributed by atoms with Gasteiger partial charge in [-0.05, 0) is 56.4 Å². The van der Waals surface area contributed by atoms with Gasteiger partial charge >= 0.3 is 0 Å². The van der Waals surface area contributed by atoms with Crippen molar-refractivity contribution in [3.63, 3.8) is 0 Å². The average Bonchev–Trinajstić information content (AvgIpc) is 2.41. The Kier molecular flexibility index (Phi) is 4.06. The molecule has 98 valence electrons. The van der Waals surface area contributed by atoms with Crippen molar-refractivity contribution in [1.29, 1.82) is 0 Å². The molecule has 2 N–H and O–H groups in total. The van der Waals surface area contributed by atoms with Crippen molar-refractivity contribution < 1.29 is 0 Å². The van der Waals surface area contributed by atoms with Crippen LogP contribution in [0.3, 0.4) is 0 Å². The van der Waals surface area contributed by atoms with Gasteiger partial charge in [-0.25, -0.2) is 0 Å². The summed E-state index contributed by atoms with van der Waals surface area (Å²) in [4.78, 5) is 4.49. The van der Waals surface area contributed by atoms with Gasteiger partial charge in [0, 0.05) is 0 Å². The molecular weight excluding hydrogens is 232 g/mol. The van der Waals surface area contributed by atoms with E-state index >= 15 is 0 Å². The number of allylic oxidation sites excluding steroid dienone is 5. The van der Waals surface area contributed by atoms with Crippen LogP contribution >= 0.6 is 0 Å². The molecule has 2 rings (SSSR count). The van der Waals surface area contributed by atoms with Crippen LogP contribution < -0.4 is 5.73 Å². The Balaban J connectivity index is 2.13. The van der Waals surface area contributed by atoms with Gasteiger partial charge in [-0.15, -0.1) is 0 Å².